The fraction of sp³-hybridized carbons (Fsp3) is 0.464. The molecule has 0 amide bonds. The average Bonchev–Trinajstić information content (AvgIpc) is 3.51. The van der Waals surface area contributed by atoms with Crippen LogP contribution in [0.15, 0.2) is 48.7 Å². The number of aromatic nitrogens is 3. The van der Waals surface area contributed by atoms with Crippen LogP contribution in [0.5, 0.6) is 0 Å². The Balaban J connectivity index is 1.07. The number of nitrogens with zero attached hydrogens (tertiary/aromatic N) is 7. The predicted molar refractivity (Wildman–Crippen MR) is 154 cm³/mol. The van der Waals surface area contributed by atoms with Gasteiger partial charge in [-0.05, 0) is 31.5 Å². The van der Waals surface area contributed by atoms with E-state index < -0.39 is 14.9 Å². The maximum Gasteiger partial charge on any atom is 0.338 e. The summed E-state index contributed by atoms with van der Waals surface area (Å²) in [6.45, 7) is 8.78. The summed E-state index contributed by atoms with van der Waals surface area (Å²) in [4.78, 5) is 27.3. The first-order valence-electron chi connectivity index (χ1n) is 13.9. The number of carbonyl (C=O) groups excluding carboxylic acids is 1. The Bertz CT molecular complexity index is 1510. The number of esters is 1. The minimum absolute atomic E-state index is 0.0164. The Morgan fingerprint density at radius 1 is 1.05 bits per heavy atom. The molecular weight excluding hydrogens is 562 g/mol. The van der Waals surface area contributed by atoms with Crippen LogP contribution in [0, 0.1) is 24.0 Å². The lowest BCUT2D eigenvalue weighted by molar-refractivity contribution is -0.384. The molecule has 0 spiro atoms. The lowest BCUT2D eigenvalue weighted by atomic mass is 10.1. The third kappa shape index (κ3) is 7.37. The molecule has 1 atom stereocenters. The first-order valence-corrected chi connectivity index (χ1v) is 15.5. The summed E-state index contributed by atoms with van der Waals surface area (Å²) in [5, 5.41) is 19.1. The molecule has 5 rings (SSSR count). The molecule has 2 fully saturated rings. The molecule has 0 saturated carbocycles. The van der Waals surface area contributed by atoms with E-state index in [1.54, 1.807) is 23.0 Å². The second-order valence-corrected chi connectivity index (χ2v) is 13.0. The molecule has 1 unspecified atom stereocenters. The highest BCUT2D eigenvalue weighted by Gasteiger charge is 2.40. The van der Waals surface area contributed by atoms with Crippen molar-refractivity contribution in [2.45, 2.75) is 33.0 Å². The van der Waals surface area contributed by atoms with Gasteiger partial charge >= 0.3 is 5.97 Å². The fourth-order valence-electron chi connectivity index (χ4n) is 5.51. The van der Waals surface area contributed by atoms with Crippen molar-refractivity contribution in [3.63, 3.8) is 0 Å². The summed E-state index contributed by atoms with van der Waals surface area (Å²) in [6, 6.07) is 11.8. The van der Waals surface area contributed by atoms with E-state index in [1.165, 1.54) is 16.4 Å². The molecule has 2 aromatic carbocycles. The van der Waals surface area contributed by atoms with Gasteiger partial charge in [-0.15, -0.1) is 5.10 Å². The van der Waals surface area contributed by atoms with Crippen molar-refractivity contribution in [1.82, 2.24) is 29.1 Å². The molecule has 14 heteroatoms. The molecule has 2 saturated heterocycles. The van der Waals surface area contributed by atoms with Crippen molar-refractivity contribution in [3.05, 3.63) is 86.7 Å². The number of hydrogen-bond acceptors (Lipinski definition) is 10. The summed E-state index contributed by atoms with van der Waals surface area (Å²) in [7, 11) is -3.44. The molecule has 0 radical (unpaired) electrons. The van der Waals surface area contributed by atoms with E-state index in [2.05, 4.69) is 20.1 Å². The summed E-state index contributed by atoms with van der Waals surface area (Å²) in [6.07, 6.45) is 1.70. The fourth-order valence-corrected chi connectivity index (χ4v) is 7.25. The molecule has 1 aromatic heterocycles. The van der Waals surface area contributed by atoms with E-state index in [9.17, 15) is 23.3 Å². The Labute approximate surface area is 244 Å². The molecule has 0 N–H and O–H groups in total. The Morgan fingerprint density at radius 2 is 1.74 bits per heavy atom. The molecule has 0 aliphatic carbocycles. The van der Waals surface area contributed by atoms with Crippen molar-refractivity contribution in [1.29, 1.82) is 0 Å². The largest absolute Gasteiger partial charge is 0.461 e. The number of nitro benzene ring substituents is 1. The quantitative estimate of drug-likeness (QED) is 0.193. The van der Waals surface area contributed by atoms with Gasteiger partial charge in [0.05, 0.1) is 41.2 Å². The monoisotopic (exact) mass is 597 g/mol. The van der Waals surface area contributed by atoms with Crippen LogP contribution in [0.4, 0.5) is 5.69 Å². The normalized spacial score (nSPS) is 19.6. The second-order valence-electron chi connectivity index (χ2n) is 10.9. The first kappa shape index (κ1) is 29.8. The van der Waals surface area contributed by atoms with Gasteiger partial charge in [-0.1, -0.05) is 34.5 Å². The number of piperazine rings is 1. The number of aryl methyl sites for hydroxylation is 2. The molecule has 224 valence electrons. The van der Waals surface area contributed by atoms with Crippen molar-refractivity contribution in [2.24, 2.45) is 0 Å². The number of non-ortho nitro benzene ring substituents is 1. The zero-order valence-corrected chi connectivity index (χ0v) is 24.6. The SMILES string of the molecule is Cc1cc(C)cc(C(=O)OCCN2CCN(C3CN(Cc4cn(Cc5ccc([N+](=O)[O-])cc5)nn4)S(=O)(=O)C3)CC2)c1. The lowest BCUT2D eigenvalue weighted by Gasteiger charge is -2.37. The van der Waals surface area contributed by atoms with E-state index in [1.807, 2.05) is 32.0 Å². The minimum atomic E-state index is -3.44. The van der Waals surface area contributed by atoms with E-state index in [4.69, 9.17) is 4.74 Å². The number of ether oxygens (including phenoxy) is 1. The maximum absolute atomic E-state index is 13.0. The first-order chi connectivity index (χ1) is 20.1. The number of sulfonamides is 1. The molecular formula is C28H35N7O6S. The number of rotatable bonds is 10. The average molecular weight is 598 g/mol. The van der Waals surface area contributed by atoms with E-state index in [0.717, 1.165) is 42.9 Å². The molecule has 2 aliphatic heterocycles. The highest BCUT2D eigenvalue weighted by molar-refractivity contribution is 7.89. The Hall–Kier alpha value is -3.72. The smallest absolute Gasteiger partial charge is 0.338 e. The second kappa shape index (κ2) is 12.7. The van der Waals surface area contributed by atoms with Gasteiger partial charge < -0.3 is 4.74 Å². The van der Waals surface area contributed by atoms with Crippen LogP contribution in [0.1, 0.15) is 32.7 Å². The van der Waals surface area contributed by atoms with Gasteiger partial charge in [0.1, 0.15) is 6.61 Å². The van der Waals surface area contributed by atoms with Crippen LogP contribution >= 0.6 is 0 Å². The van der Waals surface area contributed by atoms with Crippen LogP contribution in [0.25, 0.3) is 0 Å². The van der Waals surface area contributed by atoms with Gasteiger partial charge in [-0.2, -0.15) is 4.31 Å². The summed E-state index contributed by atoms with van der Waals surface area (Å²) in [5.41, 5.74) is 4.00. The van der Waals surface area contributed by atoms with Gasteiger partial charge in [0.25, 0.3) is 5.69 Å². The minimum Gasteiger partial charge on any atom is -0.461 e. The van der Waals surface area contributed by atoms with E-state index in [-0.39, 0.29) is 30.0 Å². The summed E-state index contributed by atoms with van der Waals surface area (Å²) >= 11 is 0. The van der Waals surface area contributed by atoms with Crippen molar-refractivity contribution >= 4 is 21.7 Å². The molecule has 0 bridgehead atoms. The number of hydrogen-bond donors (Lipinski definition) is 0. The van der Waals surface area contributed by atoms with Gasteiger partial charge in [-0.25, -0.2) is 17.9 Å². The van der Waals surface area contributed by atoms with Gasteiger partial charge in [-0.3, -0.25) is 19.9 Å². The Kier molecular flexibility index (Phi) is 8.96. The van der Waals surface area contributed by atoms with Crippen LogP contribution in [-0.4, -0.2) is 106 Å². The van der Waals surface area contributed by atoms with Crippen LogP contribution in [0.3, 0.4) is 0 Å². The van der Waals surface area contributed by atoms with Crippen molar-refractivity contribution in [2.75, 3.05) is 51.6 Å². The van der Waals surface area contributed by atoms with Crippen LogP contribution in [0.2, 0.25) is 0 Å². The van der Waals surface area contributed by atoms with E-state index >= 15 is 0 Å². The molecule has 42 heavy (non-hydrogen) atoms. The third-order valence-corrected chi connectivity index (χ3v) is 9.52. The zero-order chi connectivity index (χ0) is 29.9. The van der Waals surface area contributed by atoms with Crippen molar-refractivity contribution < 1.29 is 22.9 Å². The molecule has 3 aromatic rings. The molecule has 13 nitrogen and oxygen atoms in total. The highest BCUT2D eigenvalue weighted by Crippen LogP contribution is 2.22. The van der Waals surface area contributed by atoms with E-state index in [0.29, 0.717) is 37.5 Å². The number of benzene rings is 2. The lowest BCUT2D eigenvalue weighted by Crippen LogP contribution is -2.52. The summed E-state index contributed by atoms with van der Waals surface area (Å²) < 4.78 is 34.5. The predicted octanol–water partition coefficient (Wildman–Crippen LogP) is 1.84. The van der Waals surface area contributed by atoms with Crippen LogP contribution in [-0.2, 0) is 27.8 Å². The molecule has 3 heterocycles. The topological polar surface area (TPSA) is 144 Å². The maximum atomic E-state index is 13.0. The van der Waals surface area contributed by atoms with Gasteiger partial charge in [0, 0.05) is 57.4 Å². The standard InChI is InChI=1S/C28H35N7O6S/c1-21-13-22(2)15-24(14-21)28(36)41-12-11-31-7-9-32(10-8-31)27-19-34(42(39,40)20-27)18-25-17-33(30-29-25)16-23-3-5-26(6-4-23)35(37)38/h3-6,13-15,17,27H,7-12,16,18-20H2,1-2H3. The zero-order valence-electron chi connectivity index (χ0n) is 23.8. The third-order valence-electron chi connectivity index (χ3n) is 7.65. The number of carbonyl (C=O) groups is 1. The van der Waals surface area contributed by atoms with Gasteiger partial charge in [0.15, 0.2) is 0 Å². The molecule has 2 aliphatic rings. The van der Waals surface area contributed by atoms with Gasteiger partial charge in [0.2, 0.25) is 10.0 Å². The van der Waals surface area contributed by atoms with Crippen molar-refractivity contribution in [3.8, 4) is 0 Å². The Morgan fingerprint density at radius 3 is 2.40 bits per heavy atom. The van der Waals surface area contributed by atoms with Crippen LogP contribution < -0.4 is 0 Å². The number of nitro groups is 1. The highest BCUT2D eigenvalue weighted by atomic mass is 32.2. The summed E-state index contributed by atoms with van der Waals surface area (Å²) in [5.74, 6) is -0.250.